The third-order valence-electron chi connectivity index (χ3n) is 2.39. The molecular weight excluding hydrogens is 306 g/mol. The molecule has 0 saturated carbocycles. The molecule has 1 aromatic rings. The fourth-order valence-electron chi connectivity index (χ4n) is 1.37. The van der Waals surface area contributed by atoms with Crippen molar-refractivity contribution >= 4 is 23.5 Å². The Hall–Kier alpha value is -2.27. The Labute approximate surface area is 134 Å². The highest BCUT2D eigenvalue weighted by Gasteiger charge is 2.04. The van der Waals surface area contributed by atoms with Gasteiger partial charge in [-0.3, -0.25) is 4.79 Å². The summed E-state index contributed by atoms with van der Waals surface area (Å²) in [4.78, 5) is 22.6. The predicted octanol–water partition coefficient (Wildman–Crippen LogP) is 2.51. The highest BCUT2D eigenvalue weighted by atomic mass is 35.5. The van der Waals surface area contributed by atoms with E-state index < -0.39 is 5.97 Å². The van der Waals surface area contributed by atoms with Crippen molar-refractivity contribution in [3.63, 3.8) is 0 Å². The van der Waals surface area contributed by atoms with Crippen LogP contribution in [-0.4, -0.2) is 31.6 Å². The van der Waals surface area contributed by atoms with Crippen LogP contribution in [0.15, 0.2) is 48.6 Å². The van der Waals surface area contributed by atoms with E-state index in [-0.39, 0.29) is 12.5 Å². The van der Waals surface area contributed by atoms with E-state index in [1.807, 2.05) is 6.92 Å². The van der Waals surface area contributed by atoms with Gasteiger partial charge in [-0.05, 0) is 31.2 Å². The molecule has 1 N–H and O–H groups in total. The number of esters is 1. The molecule has 1 aromatic carbocycles. The van der Waals surface area contributed by atoms with Gasteiger partial charge in [-0.15, -0.1) is 0 Å². The maximum atomic E-state index is 11.4. The summed E-state index contributed by atoms with van der Waals surface area (Å²) in [5.41, 5.74) is 0. The SMILES string of the molecule is C/C=C/C=C/C(=O)OCC(=O)NCCOc1ccc(Cl)cc1. The molecule has 0 aliphatic rings. The number of carbonyl (C=O) groups excluding carboxylic acids is 2. The van der Waals surface area contributed by atoms with Crippen LogP contribution in [0, 0.1) is 0 Å². The number of allylic oxidation sites excluding steroid dienone is 3. The average molecular weight is 324 g/mol. The minimum atomic E-state index is -0.564. The second-order valence-electron chi connectivity index (χ2n) is 4.14. The Bertz CT molecular complexity index is 538. The molecule has 0 aliphatic carbocycles. The van der Waals surface area contributed by atoms with Crippen LogP contribution in [0.2, 0.25) is 5.02 Å². The molecule has 0 fully saturated rings. The van der Waals surface area contributed by atoms with Gasteiger partial charge in [0.1, 0.15) is 12.4 Å². The fraction of sp³-hybridized carbons (Fsp3) is 0.250. The quantitative estimate of drug-likeness (QED) is 0.345. The molecule has 0 bridgehead atoms. The average Bonchev–Trinajstić information content (AvgIpc) is 2.51. The minimum absolute atomic E-state index is 0.308. The Morgan fingerprint density at radius 2 is 1.95 bits per heavy atom. The zero-order valence-corrected chi connectivity index (χ0v) is 13.0. The van der Waals surface area contributed by atoms with Crippen LogP contribution in [0.4, 0.5) is 0 Å². The molecule has 0 atom stereocenters. The van der Waals surface area contributed by atoms with Gasteiger partial charge < -0.3 is 14.8 Å². The van der Waals surface area contributed by atoms with E-state index in [0.29, 0.717) is 23.9 Å². The van der Waals surface area contributed by atoms with E-state index in [1.54, 1.807) is 42.5 Å². The van der Waals surface area contributed by atoms with Crippen LogP contribution in [-0.2, 0) is 14.3 Å². The lowest BCUT2D eigenvalue weighted by atomic mass is 10.3. The van der Waals surface area contributed by atoms with E-state index in [0.717, 1.165) is 0 Å². The second-order valence-corrected chi connectivity index (χ2v) is 4.58. The van der Waals surface area contributed by atoms with Gasteiger partial charge in [-0.2, -0.15) is 0 Å². The van der Waals surface area contributed by atoms with Crippen LogP contribution >= 0.6 is 11.6 Å². The van der Waals surface area contributed by atoms with Crippen molar-refractivity contribution in [3.8, 4) is 5.75 Å². The highest BCUT2D eigenvalue weighted by molar-refractivity contribution is 6.30. The molecule has 1 rings (SSSR count). The summed E-state index contributed by atoms with van der Waals surface area (Å²) in [5.74, 6) is -0.280. The highest BCUT2D eigenvalue weighted by Crippen LogP contribution is 2.14. The van der Waals surface area contributed by atoms with Gasteiger partial charge in [-0.25, -0.2) is 4.79 Å². The summed E-state index contributed by atoms with van der Waals surface area (Å²) in [6.45, 7) is 2.13. The number of amides is 1. The zero-order valence-electron chi connectivity index (χ0n) is 12.3. The molecule has 6 heteroatoms. The first-order chi connectivity index (χ1) is 10.6. The number of benzene rings is 1. The molecule has 0 aromatic heterocycles. The van der Waals surface area contributed by atoms with Gasteiger partial charge in [0.05, 0.1) is 6.54 Å². The molecule has 1 amide bonds. The Morgan fingerprint density at radius 1 is 1.23 bits per heavy atom. The number of ether oxygens (including phenoxy) is 2. The normalized spacial score (nSPS) is 10.8. The van der Waals surface area contributed by atoms with Crippen molar-refractivity contribution in [1.29, 1.82) is 0 Å². The number of hydrogen-bond acceptors (Lipinski definition) is 4. The molecule has 0 aliphatic heterocycles. The first kappa shape index (κ1) is 17.8. The van der Waals surface area contributed by atoms with Gasteiger partial charge >= 0.3 is 5.97 Å². The van der Waals surface area contributed by atoms with E-state index in [1.165, 1.54) is 6.08 Å². The molecule has 0 radical (unpaired) electrons. The van der Waals surface area contributed by atoms with E-state index in [9.17, 15) is 9.59 Å². The lowest BCUT2D eigenvalue weighted by molar-refractivity contribution is -0.143. The number of carbonyl (C=O) groups is 2. The van der Waals surface area contributed by atoms with Crippen LogP contribution in [0.1, 0.15) is 6.92 Å². The van der Waals surface area contributed by atoms with Gasteiger partial charge in [-0.1, -0.05) is 29.8 Å². The van der Waals surface area contributed by atoms with Crippen LogP contribution in [0.3, 0.4) is 0 Å². The Morgan fingerprint density at radius 3 is 2.64 bits per heavy atom. The Kier molecular flexibility index (Phi) is 8.45. The molecule has 22 heavy (non-hydrogen) atoms. The predicted molar refractivity (Wildman–Crippen MR) is 84.9 cm³/mol. The number of nitrogens with one attached hydrogen (secondary N) is 1. The third-order valence-corrected chi connectivity index (χ3v) is 2.64. The van der Waals surface area contributed by atoms with Crippen molar-refractivity contribution in [2.24, 2.45) is 0 Å². The van der Waals surface area contributed by atoms with Crippen molar-refractivity contribution < 1.29 is 19.1 Å². The first-order valence-corrected chi connectivity index (χ1v) is 7.11. The van der Waals surface area contributed by atoms with Crippen molar-refractivity contribution in [1.82, 2.24) is 5.32 Å². The van der Waals surface area contributed by atoms with E-state index in [2.05, 4.69) is 5.32 Å². The molecule has 0 saturated heterocycles. The fourth-order valence-corrected chi connectivity index (χ4v) is 1.50. The topological polar surface area (TPSA) is 64.6 Å². The summed E-state index contributed by atoms with van der Waals surface area (Å²) in [6, 6.07) is 6.92. The molecule has 5 nitrogen and oxygen atoms in total. The van der Waals surface area contributed by atoms with Gasteiger partial charge in [0.2, 0.25) is 0 Å². The summed E-state index contributed by atoms with van der Waals surface area (Å²) < 4.78 is 10.2. The largest absolute Gasteiger partial charge is 0.492 e. The van der Waals surface area contributed by atoms with Crippen LogP contribution in [0.5, 0.6) is 5.75 Å². The standard InChI is InChI=1S/C16H18ClNO4/c1-2-3-4-5-16(20)22-12-15(19)18-10-11-21-14-8-6-13(17)7-9-14/h2-9H,10-12H2,1H3,(H,18,19)/b3-2+,5-4+. The van der Waals surface area contributed by atoms with Crippen molar-refractivity contribution in [2.45, 2.75) is 6.92 Å². The van der Waals surface area contributed by atoms with Gasteiger partial charge in [0.15, 0.2) is 6.61 Å². The second kappa shape index (κ2) is 10.5. The monoisotopic (exact) mass is 323 g/mol. The summed E-state index contributed by atoms with van der Waals surface area (Å²) in [7, 11) is 0. The smallest absolute Gasteiger partial charge is 0.331 e. The molecule has 118 valence electrons. The molecule has 0 heterocycles. The summed E-state index contributed by atoms with van der Waals surface area (Å²) in [6.07, 6.45) is 6.25. The maximum absolute atomic E-state index is 11.4. The molecular formula is C16H18ClNO4. The van der Waals surface area contributed by atoms with E-state index in [4.69, 9.17) is 21.1 Å². The van der Waals surface area contributed by atoms with Crippen LogP contribution in [0.25, 0.3) is 0 Å². The number of rotatable bonds is 8. The van der Waals surface area contributed by atoms with E-state index >= 15 is 0 Å². The molecule has 0 unspecified atom stereocenters. The Balaban J connectivity index is 2.13. The minimum Gasteiger partial charge on any atom is -0.492 e. The lowest BCUT2D eigenvalue weighted by Gasteiger charge is -2.07. The molecule has 0 spiro atoms. The third kappa shape index (κ3) is 8.11. The number of halogens is 1. The van der Waals surface area contributed by atoms with Crippen LogP contribution < -0.4 is 10.1 Å². The van der Waals surface area contributed by atoms with Crippen molar-refractivity contribution in [3.05, 3.63) is 53.6 Å². The summed E-state index contributed by atoms with van der Waals surface area (Å²) >= 11 is 5.75. The van der Waals surface area contributed by atoms with Gasteiger partial charge in [0, 0.05) is 11.1 Å². The zero-order chi connectivity index (χ0) is 16.2. The van der Waals surface area contributed by atoms with Crippen molar-refractivity contribution in [2.75, 3.05) is 19.8 Å². The van der Waals surface area contributed by atoms with Gasteiger partial charge in [0.25, 0.3) is 5.91 Å². The lowest BCUT2D eigenvalue weighted by Crippen LogP contribution is -2.31. The maximum Gasteiger partial charge on any atom is 0.331 e. The number of hydrogen-bond donors (Lipinski definition) is 1. The summed E-state index contributed by atoms with van der Waals surface area (Å²) in [5, 5.41) is 3.21. The first-order valence-electron chi connectivity index (χ1n) is 6.73.